The molecule has 1 aliphatic heterocycles. The number of nitrogens with zero attached hydrogens (tertiary/aromatic N) is 3. The van der Waals surface area contributed by atoms with E-state index in [4.69, 9.17) is 0 Å². The summed E-state index contributed by atoms with van der Waals surface area (Å²) in [7, 11) is 0. The molecular weight excluding hydrogens is 406 g/mol. The fourth-order valence-electron chi connectivity index (χ4n) is 3.49. The van der Waals surface area contributed by atoms with E-state index in [0.29, 0.717) is 29.1 Å². The minimum Gasteiger partial charge on any atom is -0.364 e. The fourth-order valence-corrected chi connectivity index (χ4v) is 4.25. The Morgan fingerprint density at radius 2 is 1.97 bits per heavy atom. The van der Waals surface area contributed by atoms with Gasteiger partial charge in [-0.3, -0.25) is 9.59 Å². The number of amides is 1. The number of hydrogen-bond donors (Lipinski definition) is 5. The topological polar surface area (TPSA) is 145 Å². The van der Waals surface area contributed by atoms with Crippen molar-refractivity contribution in [2.75, 3.05) is 5.32 Å². The Balaban J connectivity index is 1.27. The lowest BCUT2D eigenvalue weighted by Gasteiger charge is -2.29. The van der Waals surface area contributed by atoms with Crippen LogP contribution in [0.3, 0.4) is 0 Å². The van der Waals surface area contributed by atoms with Crippen LogP contribution in [0.5, 0.6) is 0 Å². The van der Waals surface area contributed by atoms with Crippen molar-refractivity contribution in [3.63, 3.8) is 0 Å². The Bertz CT molecular complexity index is 968. The Morgan fingerprint density at radius 1 is 1.17 bits per heavy atom. The number of aliphatic hydroxyl groups is 1. The van der Waals surface area contributed by atoms with Crippen molar-refractivity contribution in [2.45, 2.75) is 49.9 Å². The largest absolute Gasteiger partial charge is 0.364 e. The number of aliphatic hydroxyl groups excluding tert-OH is 1. The first-order valence-corrected chi connectivity index (χ1v) is 10.7. The monoisotopic (exact) mass is 429 g/mol. The number of hydrogen-bond acceptors (Lipinski definition) is 9. The van der Waals surface area contributed by atoms with E-state index >= 15 is 0 Å². The number of rotatable bonds is 6. The molecule has 10 nitrogen and oxygen atoms in total. The van der Waals surface area contributed by atoms with Crippen LogP contribution in [0.1, 0.15) is 37.1 Å². The summed E-state index contributed by atoms with van der Waals surface area (Å²) in [4.78, 5) is 32.0. The second kappa shape index (κ2) is 9.37. The number of anilines is 1. The first-order chi connectivity index (χ1) is 14.5. The first-order valence-electron chi connectivity index (χ1n) is 9.80. The van der Waals surface area contributed by atoms with Gasteiger partial charge in [0.05, 0.1) is 16.3 Å². The van der Waals surface area contributed by atoms with Gasteiger partial charge in [-0.25, -0.2) is 15.1 Å². The van der Waals surface area contributed by atoms with Crippen LogP contribution in [-0.2, 0) is 11.3 Å². The molecule has 158 valence electrons. The highest BCUT2D eigenvalue weighted by atomic mass is 32.2. The zero-order chi connectivity index (χ0) is 20.9. The smallest absolute Gasteiger partial charge is 0.264 e. The average molecular weight is 430 g/mol. The number of aromatic amines is 1. The van der Waals surface area contributed by atoms with E-state index in [1.54, 1.807) is 24.4 Å². The number of carbonyl (C=O) groups is 1. The van der Waals surface area contributed by atoms with Gasteiger partial charge in [0.15, 0.2) is 5.56 Å². The van der Waals surface area contributed by atoms with E-state index in [0.717, 1.165) is 43.1 Å². The van der Waals surface area contributed by atoms with Gasteiger partial charge in [0, 0.05) is 30.9 Å². The molecule has 1 aliphatic carbocycles. The minimum absolute atomic E-state index is 0.198. The molecule has 2 aromatic heterocycles. The first kappa shape index (κ1) is 20.5. The van der Waals surface area contributed by atoms with E-state index in [1.165, 1.54) is 6.07 Å². The van der Waals surface area contributed by atoms with Crippen molar-refractivity contribution in [2.24, 2.45) is 0 Å². The lowest BCUT2D eigenvalue weighted by atomic mass is 9.91. The second-order valence-corrected chi connectivity index (χ2v) is 8.37. The van der Waals surface area contributed by atoms with Crippen molar-refractivity contribution < 1.29 is 9.90 Å². The minimum atomic E-state index is -0.910. The van der Waals surface area contributed by atoms with Crippen molar-refractivity contribution in [1.29, 1.82) is 0 Å². The van der Waals surface area contributed by atoms with Crippen molar-refractivity contribution in [3.8, 4) is 0 Å². The summed E-state index contributed by atoms with van der Waals surface area (Å²) in [6, 6.07) is 5.62. The fraction of sp³-hybridized carbons (Fsp3) is 0.421. The van der Waals surface area contributed by atoms with Gasteiger partial charge in [-0.15, -0.1) is 0 Å². The summed E-state index contributed by atoms with van der Waals surface area (Å²) in [5.41, 5.74) is 0.321. The van der Waals surface area contributed by atoms with Crippen LogP contribution in [0.25, 0.3) is 6.08 Å². The summed E-state index contributed by atoms with van der Waals surface area (Å²) in [5, 5.41) is 25.2. The average Bonchev–Trinajstić information content (AvgIpc) is 3.05. The normalized spacial score (nSPS) is 25.3. The second-order valence-electron chi connectivity index (χ2n) is 7.24. The molecule has 0 bridgehead atoms. The summed E-state index contributed by atoms with van der Waals surface area (Å²) in [5.74, 6) is 0.227. The molecule has 1 unspecified atom stereocenters. The SMILES string of the molecule is O=C1NC(O)S/C1=C\c1ccnc(NC2CCC(NCc3ccc(=O)[nH]n3)CC2)n1. The van der Waals surface area contributed by atoms with Crippen LogP contribution in [0.4, 0.5) is 5.95 Å². The Morgan fingerprint density at radius 3 is 2.67 bits per heavy atom. The van der Waals surface area contributed by atoms with E-state index in [-0.39, 0.29) is 17.5 Å². The predicted octanol–water partition coefficient (Wildman–Crippen LogP) is 0.553. The number of aromatic nitrogens is 4. The summed E-state index contributed by atoms with van der Waals surface area (Å²) < 4.78 is 0. The van der Waals surface area contributed by atoms with Crippen LogP contribution >= 0.6 is 11.8 Å². The highest BCUT2D eigenvalue weighted by molar-refractivity contribution is 8.05. The zero-order valence-corrected chi connectivity index (χ0v) is 17.0. The number of H-pyrrole nitrogens is 1. The third-order valence-corrected chi connectivity index (χ3v) is 5.94. The molecule has 11 heteroatoms. The highest BCUT2D eigenvalue weighted by Crippen LogP contribution is 2.27. The lowest BCUT2D eigenvalue weighted by Crippen LogP contribution is -2.37. The Hall–Kier alpha value is -2.76. The molecule has 1 atom stereocenters. The van der Waals surface area contributed by atoms with Crippen molar-refractivity contribution in [1.82, 2.24) is 30.8 Å². The molecular formula is C19H23N7O3S. The maximum atomic E-state index is 11.7. The van der Waals surface area contributed by atoms with Crippen LogP contribution in [-0.4, -0.2) is 48.8 Å². The molecule has 1 amide bonds. The number of nitrogens with one attached hydrogen (secondary N) is 4. The third kappa shape index (κ3) is 5.43. The molecule has 0 spiro atoms. The van der Waals surface area contributed by atoms with E-state index < -0.39 is 5.56 Å². The van der Waals surface area contributed by atoms with Gasteiger partial charge in [0.25, 0.3) is 11.5 Å². The third-order valence-electron chi connectivity index (χ3n) is 5.04. The molecule has 2 fully saturated rings. The maximum absolute atomic E-state index is 11.7. The van der Waals surface area contributed by atoms with Gasteiger partial charge < -0.3 is 21.1 Å². The van der Waals surface area contributed by atoms with E-state index in [1.807, 2.05) is 0 Å². The Kier molecular flexibility index (Phi) is 6.41. The van der Waals surface area contributed by atoms with E-state index in [2.05, 4.69) is 36.1 Å². The molecule has 2 aromatic rings. The maximum Gasteiger partial charge on any atom is 0.264 e. The van der Waals surface area contributed by atoms with Gasteiger partial charge >= 0.3 is 0 Å². The van der Waals surface area contributed by atoms with Gasteiger partial charge in [-0.1, -0.05) is 11.8 Å². The van der Waals surface area contributed by atoms with E-state index in [9.17, 15) is 14.7 Å². The number of carbonyl (C=O) groups excluding carboxylic acids is 1. The molecule has 30 heavy (non-hydrogen) atoms. The summed E-state index contributed by atoms with van der Waals surface area (Å²) in [6.45, 7) is 0.625. The molecule has 5 N–H and O–H groups in total. The quantitative estimate of drug-likeness (QED) is 0.416. The van der Waals surface area contributed by atoms with Gasteiger partial charge in [-0.2, -0.15) is 5.10 Å². The predicted molar refractivity (Wildman–Crippen MR) is 113 cm³/mol. The van der Waals surface area contributed by atoms with Crippen LogP contribution in [0, 0.1) is 0 Å². The van der Waals surface area contributed by atoms with Crippen LogP contribution < -0.4 is 21.5 Å². The molecule has 0 aromatic carbocycles. The van der Waals surface area contributed by atoms with Gasteiger partial charge in [-0.05, 0) is 43.9 Å². The highest BCUT2D eigenvalue weighted by Gasteiger charge is 2.25. The standard InChI is InChI=1S/C19H23N7O3S/c27-16-6-5-14(25-26-16)10-21-11-1-3-12(4-2-11)22-18-20-8-7-13(23-18)9-15-17(28)24-19(29)30-15/h5-9,11-12,19,21,29H,1-4,10H2,(H,24,28)(H,26,27)(H,20,22,23)/b15-9-. The van der Waals surface area contributed by atoms with Gasteiger partial charge in [0.1, 0.15) is 0 Å². The van der Waals surface area contributed by atoms with Crippen molar-refractivity contribution >= 4 is 29.7 Å². The molecule has 1 saturated carbocycles. The summed E-state index contributed by atoms with van der Waals surface area (Å²) in [6.07, 6.45) is 7.29. The van der Waals surface area contributed by atoms with Crippen LogP contribution in [0.15, 0.2) is 34.1 Å². The number of thioether (sulfide) groups is 1. The van der Waals surface area contributed by atoms with Gasteiger partial charge in [0.2, 0.25) is 5.95 Å². The van der Waals surface area contributed by atoms with Crippen molar-refractivity contribution in [3.05, 3.63) is 51.0 Å². The molecule has 4 rings (SSSR count). The van der Waals surface area contributed by atoms with Crippen LogP contribution in [0.2, 0.25) is 0 Å². The Labute approximate surface area is 177 Å². The lowest BCUT2D eigenvalue weighted by molar-refractivity contribution is -0.117. The molecule has 1 saturated heterocycles. The molecule has 0 radical (unpaired) electrons. The zero-order valence-electron chi connectivity index (χ0n) is 16.2. The summed E-state index contributed by atoms with van der Waals surface area (Å²) >= 11 is 1.06. The molecule has 3 heterocycles. The molecule has 2 aliphatic rings.